The minimum Gasteiger partial charge on any atom is -0.497 e. The lowest BCUT2D eigenvalue weighted by Gasteiger charge is -2.25. The van der Waals surface area contributed by atoms with Gasteiger partial charge in [-0.05, 0) is 81.0 Å². The Morgan fingerprint density at radius 3 is 2.65 bits per heavy atom. The molecule has 5 rings (SSSR count). The van der Waals surface area contributed by atoms with Gasteiger partial charge in [0, 0.05) is 35.6 Å². The summed E-state index contributed by atoms with van der Waals surface area (Å²) < 4.78 is 11.8. The van der Waals surface area contributed by atoms with E-state index in [2.05, 4.69) is 10.3 Å². The van der Waals surface area contributed by atoms with Gasteiger partial charge in [-0.1, -0.05) is 12.1 Å². The van der Waals surface area contributed by atoms with Gasteiger partial charge in [-0.25, -0.2) is 5.01 Å². The topological polar surface area (TPSA) is 93.1 Å². The van der Waals surface area contributed by atoms with Gasteiger partial charge in [0.2, 0.25) is 0 Å². The van der Waals surface area contributed by atoms with Gasteiger partial charge in [-0.3, -0.25) is 14.6 Å². The molecule has 1 aromatic heterocycles. The molecule has 0 spiro atoms. The molecule has 1 N–H and O–H groups in total. The van der Waals surface area contributed by atoms with Crippen molar-refractivity contribution >= 4 is 23.2 Å². The number of benzene rings is 2. The number of rotatable bonds is 7. The van der Waals surface area contributed by atoms with Crippen molar-refractivity contribution in [3.05, 3.63) is 83.7 Å². The van der Waals surface area contributed by atoms with Gasteiger partial charge < -0.3 is 14.8 Å². The standard InChI is InChI=1S/C29H30N4O4/c1-36-23-14-15-24(27(19-23)37-22-10-2-3-11-22)25-13-7-17-33(32-25)29(35)20-8-6-9-21(18-20)31-28(34)26-12-4-5-16-30-26/h4-6,8-9,12,14-16,18-19,22H,2-3,7,10-11,13,17H2,1H3,(H,31,34). The Kier molecular flexibility index (Phi) is 7.44. The molecule has 0 bridgehead atoms. The smallest absolute Gasteiger partial charge is 0.274 e. The second kappa shape index (κ2) is 11.2. The van der Waals surface area contributed by atoms with Gasteiger partial charge in [-0.15, -0.1) is 0 Å². The molecule has 1 fully saturated rings. The lowest BCUT2D eigenvalue weighted by Crippen LogP contribution is -2.32. The van der Waals surface area contributed by atoms with Crippen LogP contribution in [0.15, 0.2) is 72.0 Å². The summed E-state index contributed by atoms with van der Waals surface area (Å²) in [5.74, 6) is 0.917. The third-order valence-corrected chi connectivity index (χ3v) is 6.62. The molecule has 3 aromatic rings. The Balaban J connectivity index is 1.36. The van der Waals surface area contributed by atoms with E-state index in [0.717, 1.165) is 48.5 Å². The Hall–Kier alpha value is -4.20. The maximum Gasteiger partial charge on any atom is 0.274 e. The molecule has 2 amide bonds. The molecule has 37 heavy (non-hydrogen) atoms. The van der Waals surface area contributed by atoms with E-state index in [1.54, 1.807) is 55.8 Å². The van der Waals surface area contributed by atoms with Crippen LogP contribution < -0.4 is 14.8 Å². The Morgan fingerprint density at radius 1 is 1.00 bits per heavy atom. The zero-order valence-electron chi connectivity index (χ0n) is 20.9. The zero-order valence-corrected chi connectivity index (χ0v) is 20.9. The van der Waals surface area contributed by atoms with Crippen LogP contribution in [0.3, 0.4) is 0 Å². The number of ether oxygens (including phenoxy) is 2. The summed E-state index contributed by atoms with van der Waals surface area (Å²) in [5.41, 5.74) is 2.97. The number of carbonyl (C=O) groups excluding carboxylic acids is 2. The fourth-order valence-corrected chi connectivity index (χ4v) is 4.70. The van der Waals surface area contributed by atoms with Crippen LogP contribution in [-0.2, 0) is 0 Å². The monoisotopic (exact) mass is 498 g/mol. The molecule has 1 saturated carbocycles. The molecule has 0 atom stereocenters. The summed E-state index contributed by atoms with van der Waals surface area (Å²) >= 11 is 0. The normalized spacial score (nSPS) is 15.7. The van der Waals surface area contributed by atoms with Gasteiger partial charge in [0.15, 0.2) is 0 Å². The minimum atomic E-state index is -0.335. The first-order valence-electron chi connectivity index (χ1n) is 12.7. The van der Waals surface area contributed by atoms with Crippen molar-refractivity contribution in [2.75, 3.05) is 19.0 Å². The highest BCUT2D eigenvalue weighted by Crippen LogP contribution is 2.32. The van der Waals surface area contributed by atoms with Crippen molar-refractivity contribution in [1.29, 1.82) is 0 Å². The highest BCUT2D eigenvalue weighted by atomic mass is 16.5. The molecular formula is C29H30N4O4. The van der Waals surface area contributed by atoms with Gasteiger partial charge in [-0.2, -0.15) is 5.10 Å². The number of hydrogen-bond acceptors (Lipinski definition) is 6. The maximum absolute atomic E-state index is 13.4. The van der Waals surface area contributed by atoms with Crippen LogP contribution in [0.5, 0.6) is 11.5 Å². The number of carbonyl (C=O) groups is 2. The summed E-state index contributed by atoms with van der Waals surface area (Å²) in [6.45, 7) is 0.516. The summed E-state index contributed by atoms with van der Waals surface area (Å²) in [4.78, 5) is 29.9. The van der Waals surface area contributed by atoms with Gasteiger partial charge in [0.05, 0.1) is 18.9 Å². The van der Waals surface area contributed by atoms with E-state index in [0.29, 0.717) is 23.5 Å². The second-order valence-corrected chi connectivity index (χ2v) is 9.21. The van der Waals surface area contributed by atoms with E-state index in [-0.39, 0.29) is 17.9 Å². The van der Waals surface area contributed by atoms with Gasteiger partial charge >= 0.3 is 0 Å². The number of hydrogen-bond donors (Lipinski definition) is 1. The fraction of sp³-hybridized carbons (Fsp3) is 0.310. The average Bonchev–Trinajstić information content (AvgIpc) is 3.46. The average molecular weight is 499 g/mol. The predicted octanol–water partition coefficient (Wildman–Crippen LogP) is 5.30. The largest absolute Gasteiger partial charge is 0.497 e. The molecule has 190 valence electrons. The van der Waals surface area contributed by atoms with Crippen molar-refractivity contribution in [3.63, 3.8) is 0 Å². The minimum absolute atomic E-state index is 0.191. The molecule has 0 saturated heterocycles. The Labute approximate surface area is 216 Å². The SMILES string of the molecule is COc1ccc(C2=NN(C(=O)c3cccc(NC(=O)c4ccccn4)c3)CCC2)c(OC2CCCC2)c1. The number of methoxy groups -OCH3 is 1. The van der Waals surface area contributed by atoms with E-state index in [1.165, 1.54) is 17.9 Å². The van der Waals surface area contributed by atoms with Gasteiger partial charge in [0.1, 0.15) is 17.2 Å². The van der Waals surface area contributed by atoms with Crippen LogP contribution in [0.2, 0.25) is 0 Å². The highest BCUT2D eigenvalue weighted by molar-refractivity contribution is 6.06. The number of hydrazone groups is 1. The second-order valence-electron chi connectivity index (χ2n) is 9.21. The number of nitrogens with one attached hydrogen (secondary N) is 1. The molecule has 2 heterocycles. The van der Waals surface area contributed by atoms with Gasteiger partial charge in [0.25, 0.3) is 11.8 Å². The number of anilines is 1. The number of nitrogens with zero attached hydrogens (tertiary/aromatic N) is 3. The third kappa shape index (κ3) is 5.80. The first-order valence-corrected chi connectivity index (χ1v) is 12.7. The Bertz CT molecular complexity index is 1300. The van der Waals surface area contributed by atoms with E-state index in [1.807, 2.05) is 18.2 Å². The van der Waals surface area contributed by atoms with Crippen molar-refractivity contribution in [1.82, 2.24) is 9.99 Å². The highest BCUT2D eigenvalue weighted by Gasteiger charge is 2.25. The molecular weight excluding hydrogens is 468 g/mol. The first-order chi connectivity index (χ1) is 18.1. The van der Waals surface area contributed by atoms with Crippen LogP contribution in [0.1, 0.15) is 64.9 Å². The summed E-state index contributed by atoms with van der Waals surface area (Å²) in [6, 6.07) is 17.8. The van der Waals surface area contributed by atoms with Crippen LogP contribution in [0.25, 0.3) is 0 Å². The van der Waals surface area contributed by atoms with E-state index in [9.17, 15) is 9.59 Å². The van der Waals surface area contributed by atoms with Crippen LogP contribution in [0.4, 0.5) is 5.69 Å². The van der Waals surface area contributed by atoms with Crippen LogP contribution >= 0.6 is 0 Å². The molecule has 0 radical (unpaired) electrons. The molecule has 2 aromatic carbocycles. The molecule has 0 unspecified atom stereocenters. The molecule has 8 nitrogen and oxygen atoms in total. The third-order valence-electron chi connectivity index (χ3n) is 6.62. The van der Waals surface area contributed by atoms with Crippen molar-refractivity contribution in [3.8, 4) is 11.5 Å². The van der Waals surface area contributed by atoms with Crippen LogP contribution in [0, 0.1) is 0 Å². The molecule has 8 heteroatoms. The summed E-state index contributed by atoms with van der Waals surface area (Å²) in [5, 5.41) is 9.05. The van der Waals surface area contributed by atoms with Crippen molar-refractivity contribution < 1.29 is 19.1 Å². The van der Waals surface area contributed by atoms with Crippen molar-refractivity contribution in [2.24, 2.45) is 5.10 Å². The summed E-state index contributed by atoms with van der Waals surface area (Å²) in [7, 11) is 1.64. The lowest BCUT2D eigenvalue weighted by molar-refractivity contribution is 0.0751. The quantitative estimate of drug-likeness (QED) is 0.477. The Morgan fingerprint density at radius 2 is 1.86 bits per heavy atom. The van der Waals surface area contributed by atoms with E-state index < -0.39 is 0 Å². The number of aromatic nitrogens is 1. The lowest BCUT2D eigenvalue weighted by atomic mass is 10.0. The fourth-order valence-electron chi connectivity index (χ4n) is 4.70. The first kappa shape index (κ1) is 24.5. The maximum atomic E-state index is 13.4. The molecule has 1 aliphatic carbocycles. The molecule has 2 aliphatic rings. The zero-order chi connectivity index (χ0) is 25.6. The number of amides is 2. The van der Waals surface area contributed by atoms with E-state index in [4.69, 9.17) is 14.6 Å². The van der Waals surface area contributed by atoms with E-state index >= 15 is 0 Å². The van der Waals surface area contributed by atoms with Crippen LogP contribution in [-0.4, -0.2) is 47.3 Å². The van der Waals surface area contributed by atoms with Crippen molar-refractivity contribution in [2.45, 2.75) is 44.6 Å². The molecule has 1 aliphatic heterocycles. The summed E-state index contributed by atoms with van der Waals surface area (Å²) in [6.07, 6.45) is 7.73. The number of pyridine rings is 1. The predicted molar refractivity (Wildman–Crippen MR) is 141 cm³/mol.